The van der Waals surface area contributed by atoms with Crippen molar-refractivity contribution in [1.82, 2.24) is 9.97 Å². The summed E-state index contributed by atoms with van der Waals surface area (Å²) in [5, 5.41) is 0. The third-order valence-corrected chi connectivity index (χ3v) is 2.47. The third-order valence-electron chi connectivity index (χ3n) is 2.47. The van der Waals surface area contributed by atoms with Gasteiger partial charge < -0.3 is 4.98 Å². The lowest BCUT2D eigenvalue weighted by Gasteiger charge is -2.05. The maximum atomic E-state index is 4.55. The molecule has 15 heavy (non-hydrogen) atoms. The van der Waals surface area contributed by atoms with Crippen LogP contribution < -0.4 is 0 Å². The van der Waals surface area contributed by atoms with Crippen LogP contribution in [0.5, 0.6) is 0 Å². The predicted molar refractivity (Wildman–Crippen MR) is 62.8 cm³/mol. The molecule has 0 fully saturated rings. The molecule has 2 nitrogen and oxygen atoms in total. The molecule has 1 heterocycles. The number of hydrogen-bond donors (Lipinski definition) is 1. The van der Waals surface area contributed by atoms with E-state index in [9.17, 15) is 0 Å². The molecule has 0 unspecified atom stereocenters. The van der Waals surface area contributed by atoms with Gasteiger partial charge in [0.15, 0.2) is 0 Å². The molecule has 0 amide bonds. The summed E-state index contributed by atoms with van der Waals surface area (Å²) in [4.78, 5) is 7.88. The van der Waals surface area contributed by atoms with Crippen LogP contribution in [0.2, 0.25) is 0 Å². The predicted octanol–water partition coefficient (Wildman–Crippen LogP) is 3.51. The molecular weight excluding hydrogens is 184 g/mol. The van der Waals surface area contributed by atoms with Gasteiger partial charge in [0.05, 0.1) is 5.69 Å². The van der Waals surface area contributed by atoms with Crippen LogP contribution in [0.1, 0.15) is 31.3 Å². The number of aromatic nitrogens is 2. The first-order chi connectivity index (χ1) is 7.18. The van der Waals surface area contributed by atoms with E-state index in [4.69, 9.17) is 0 Å². The van der Waals surface area contributed by atoms with E-state index >= 15 is 0 Å². The Kier molecular flexibility index (Phi) is 2.58. The quantitative estimate of drug-likeness (QED) is 0.789. The average molecular weight is 200 g/mol. The molecule has 0 atom stereocenters. The lowest BCUT2D eigenvalue weighted by Crippen LogP contribution is -1.91. The average Bonchev–Trinajstić information content (AvgIpc) is 2.62. The van der Waals surface area contributed by atoms with Crippen molar-refractivity contribution in [2.45, 2.75) is 26.7 Å². The van der Waals surface area contributed by atoms with E-state index in [0.717, 1.165) is 11.5 Å². The van der Waals surface area contributed by atoms with Crippen molar-refractivity contribution in [2.75, 3.05) is 0 Å². The highest BCUT2D eigenvalue weighted by Gasteiger charge is 2.12. The van der Waals surface area contributed by atoms with Gasteiger partial charge in [-0.05, 0) is 12.8 Å². The molecule has 0 aliphatic carbocycles. The molecule has 78 valence electrons. The first kappa shape index (κ1) is 9.97. The standard InChI is InChI=1S/C13H16N2/c1-9(2)12-13(15-10(3)14-12)11-7-5-4-6-8-11/h4-9H,1-3H3,(H,14,15). The van der Waals surface area contributed by atoms with E-state index < -0.39 is 0 Å². The SMILES string of the molecule is Cc1nc(-c2ccccc2)c(C(C)C)[nH]1. The zero-order chi connectivity index (χ0) is 10.8. The fourth-order valence-corrected chi connectivity index (χ4v) is 1.74. The topological polar surface area (TPSA) is 28.7 Å². The van der Waals surface area contributed by atoms with Crippen molar-refractivity contribution in [3.63, 3.8) is 0 Å². The van der Waals surface area contributed by atoms with Crippen molar-refractivity contribution >= 4 is 0 Å². The molecule has 1 aromatic carbocycles. The van der Waals surface area contributed by atoms with Gasteiger partial charge >= 0.3 is 0 Å². The van der Waals surface area contributed by atoms with Crippen molar-refractivity contribution in [3.05, 3.63) is 41.9 Å². The maximum absolute atomic E-state index is 4.55. The Hall–Kier alpha value is -1.57. The van der Waals surface area contributed by atoms with Gasteiger partial charge in [0.2, 0.25) is 0 Å². The maximum Gasteiger partial charge on any atom is 0.103 e. The summed E-state index contributed by atoms with van der Waals surface area (Å²) in [6, 6.07) is 10.3. The first-order valence-corrected chi connectivity index (χ1v) is 5.30. The normalized spacial score (nSPS) is 10.9. The smallest absolute Gasteiger partial charge is 0.103 e. The van der Waals surface area contributed by atoms with E-state index in [1.165, 1.54) is 11.3 Å². The van der Waals surface area contributed by atoms with Gasteiger partial charge in [0.1, 0.15) is 5.82 Å². The summed E-state index contributed by atoms with van der Waals surface area (Å²) in [6.07, 6.45) is 0. The second-order valence-electron chi connectivity index (χ2n) is 4.11. The Morgan fingerprint density at radius 2 is 1.80 bits per heavy atom. The van der Waals surface area contributed by atoms with Crippen LogP contribution in [-0.4, -0.2) is 9.97 Å². The Morgan fingerprint density at radius 1 is 1.13 bits per heavy atom. The Balaban J connectivity index is 2.53. The summed E-state index contributed by atoms with van der Waals surface area (Å²) in [5.74, 6) is 1.46. The van der Waals surface area contributed by atoms with Crippen LogP contribution in [0.4, 0.5) is 0 Å². The fraction of sp³-hybridized carbons (Fsp3) is 0.308. The molecule has 0 spiro atoms. The van der Waals surface area contributed by atoms with Crippen LogP contribution in [0.3, 0.4) is 0 Å². The van der Waals surface area contributed by atoms with E-state index in [2.05, 4.69) is 35.9 Å². The summed E-state index contributed by atoms with van der Waals surface area (Å²) in [7, 11) is 0. The summed E-state index contributed by atoms with van der Waals surface area (Å²) < 4.78 is 0. The molecule has 0 radical (unpaired) electrons. The molecule has 0 aliphatic heterocycles. The van der Waals surface area contributed by atoms with Gasteiger partial charge in [-0.25, -0.2) is 4.98 Å². The number of nitrogens with zero attached hydrogens (tertiary/aromatic N) is 1. The number of benzene rings is 1. The Labute approximate surface area is 90.4 Å². The molecule has 1 aromatic heterocycles. The minimum atomic E-state index is 0.474. The molecular formula is C13H16N2. The van der Waals surface area contributed by atoms with E-state index in [0.29, 0.717) is 5.92 Å². The summed E-state index contributed by atoms with van der Waals surface area (Å²) >= 11 is 0. The number of aromatic amines is 1. The van der Waals surface area contributed by atoms with Crippen LogP contribution in [-0.2, 0) is 0 Å². The molecule has 1 N–H and O–H groups in total. The molecule has 0 aliphatic rings. The van der Waals surface area contributed by atoms with Gasteiger partial charge in [-0.3, -0.25) is 0 Å². The minimum absolute atomic E-state index is 0.474. The Morgan fingerprint density at radius 3 is 2.40 bits per heavy atom. The molecule has 0 saturated heterocycles. The van der Waals surface area contributed by atoms with Gasteiger partial charge in [0, 0.05) is 11.3 Å². The zero-order valence-electron chi connectivity index (χ0n) is 9.41. The van der Waals surface area contributed by atoms with Gasteiger partial charge in [-0.15, -0.1) is 0 Å². The second kappa shape index (κ2) is 3.89. The number of rotatable bonds is 2. The lowest BCUT2D eigenvalue weighted by molar-refractivity contribution is 0.831. The van der Waals surface area contributed by atoms with Crippen LogP contribution in [0, 0.1) is 6.92 Å². The fourth-order valence-electron chi connectivity index (χ4n) is 1.74. The summed E-state index contributed by atoms with van der Waals surface area (Å²) in [5.41, 5.74) is 3.49. The van der Waals surface area contributed by atoms with Gasteiger partial charge in [-0.2, -0.15) is 0 Å². The van der Waals surface area contributed by atoms with Crippen molar-refractivity contribution in [1.29, 1.82) is 0 Å². The monoisotopic (exact) mass is 200 g/mol. The van der Waals surface area contributed by atoms with Crippen molar-refractivity contribution in [2.24, 2.45) is 0 Å². The third kappa shape index (κ3) is 1.94. The first-order valence-electron chi connectivity index (χ1n) is 5.30. The van der Waals surface area contributed by atoms with E-state index in [1.54, 1.807) is 0 Å². The zero-order valence-corrected chi connectivity index (χ0v) is 9.41. The second-order valence-corrected chi connectivity index (χ2v) is 4.11. The number of H-pyrrole nitrogens is 1. The number of nitrogens with one attached hydrogen (secondary N) is 1. The van der Waals surface area contributed by atoms with E-state index in [-0.39, 0.29) is 0 Å². The van der Waals surface area contributed by atoms with Crippen LogP contribution in [0.15, 0.2) is 30.3 Å². The molecule has 0 saturated carbocycles. The van der Waals surface area contributed by atoms with Crippen molar-refractivity contribution in [3.8, 4) is 11.3 Å². The highest BCUT2D eigenvalue weighted by Crippen LogP contribution is 2.26. The molecule has 2 heteroatoms. The molecule has 0 bridgehead atoms. The van der Waals surface area contributed by atoms with E-state index in [1.807, 2.05) is 25.1 Å². The largest absolute Gasteiger partial charge is 0.345 e. The van der Waals surface area contributed by atoms with Crippen LogP contribution >= 0.6 is 0 Å². The Bertz CT molecular complexity index is 441. The molecule has 2 rings (SSSR count). The number of imidazole rings is 1. The van der Waals surface area contributed by atoms with Gasteiger partial charge in [-0.1, -0.05) is 44.2 Å². The van der Waals surface area contributed by atoms with Crippen LogP contribution in [0.25, 0.3) is 11.3 Å². The van der Waals surface area contributed by atoms with Crippen molar-refractivity contribution < 1.29 is 0 Å². The number of hydrogen-bond acceptors (Lipinski definition) is 1. The molecule has 2 aromatic rings. The van der Waals surface area contributed by atoms with Gasteiger partial charge in [0.25, 0.3) is 0 Å². The lowest BCUT2D eigenvalue weighted by atomic mass is 10.0. The summed E-state index contributed by atoms with van der Waals surface area (Å²) in [6.45, 7) is 6.36. The number of aryl methyl sites for hydroxylation is 1. The highest BCUT2D eigenvalue weighted by atomic mass is 14.9. The minimum Gasteiger partial charge on any atom is -0.345 e. The highest BCUT2D eigenvalue weighted by molar-refractivity contribution is 5.62.